The highest BCUT2D eigenvalue weighted by atomic mass is 35.5. The molecule has 0 aliphatic carbocycles. The largest absolute Gasteiger partial charge is 0.422 e. The molecule has 0 unspecified atom stereocenters. The van der Waals surface area contributed by atoms with Crippen molar-refractivity contribution in [3.8, 4) is 17.3 Å². The predicted molar refractivity (Wildman–Crippen MR) is 126 cm³/mol. The fourth-order valence-electron chi connectivity index (χ4n) is 3.48. The Kier molecular flexibility index (Phi) is 4.87. The lowest BCUT2D eigenvalue weighted by molar-refractivity contribution is 0.563. The van der Waals surface area contributed by atoms with Gasteiger partial charge in [-0.25, -0.2) is 9.78 Å². The molecule has 2 aromatic heterocycles. The van der Waals surface area contributed by atoms with E-state index in [2.05, 4.69) is 11.1 Å². The number of fused-ring (bicyclic) bond motifs is 3. The van der Waals surface area contributed by atoms with Crippen molar-refractivity contribution in [3.05, 3.63) is 98.1 Å². The van der Waals surface area contributed by atoms with Crippen LogP contribution in [0.2, 0.25) is 5.02 Å². The molecule has 2 heterocycles. The van der Waals surface area contributed by atoms with Gasteiger partial charge in [0.15, 0.2) is 0 Å². The molecule has 0 N–H and O–H groups in total. The molecule has 148 valence electrons. The van der Waals surface area contributed by atoms with Crippen LogP contribution in [0.5, 0.6) is 0 Å². The van der Waals surface area contributed by atoms with E-state index in [0.717, 1.165) is 21.7 Å². The van der Waals surface area contributed by atoms with Crippen molar-refractivity contribution < 1.29 is 4.42 Å². The van der Waals surface area contributed by atoms with Crippen LogP contribution in [0.1, 0.15) is 10.6 Å². The minimum Gasteiger partial charge on any atom is -0.422 e. The number of nitrogens with zero attached hydrogens (tertiary/aromatic N) is 2. The number of aromatic nitrogens is 1. The number of hydrogen-bond donors (Lipinski definition) is 0. The van der Waals surface area contributed by atoms with E-state index in [1.165, 1.54) is 11.3 Å². The van der Waals surface area contributed by atoms with E-state index in [1.807, 2.05) is 48.5 Å². The summed E-state index contributed by atoms with van der Waals surface area (Å²) in [5.41, 5.74) is 2.12. The summed E-state index contributed by atoms with van der Waals surface area (Å²) in [6.45, 7) is 0. The van der Waals surface area contributed by atoms with E-state index in [9.17, 15) is 10.1 Å². The van der Waals surface area contributed by atoms with Gasteiger partial charge < -0.3 is 4.42 Å². The van der Waals surface area contributed by atoms with Crippen LogP contribution in [0, 0.1) is 11.3 Å². The Hall–Kier alpha value is -3.72. The molecule has 3 aromatic carbocycles. The number of allylic oxidation sites excluding steroid dienone is 1. The Bertz CT molecular complexity index is 1590. The smallest absolute Gasteiger partial charge is 0.345 e. The Balaban J connectivity index is 1.62. The topological polar surface area (TPSA) is 66.9 Å². The zero-order chi connectivity index (χ0) is 21.4. The summed E-state index contributed by atoms with van der Waals surface area (Å²) in [6.07, 6.45) is 1.73. The second kappa shape index (κ2) is 7.84. The highest BCUT2D eigenvalue weighted by molar-refractivity contribution is 7.11. The highest BCUT2D eigenvalue weighted by Crippen LogP contribution is 2.30. The van der Waals surface area contributed by atoms with Gasteiger partial charge in [-0.1, -0.05) is 54.1 Å². The van der Waals surface area contributed by atoms with Crippen LogP contribution in [0.3, 0.4) is 0 Å². The molecule has 0 radical (unpaired) electrons. The molecule has 0 aliphatic heterocycles. The van der Waals surface area contributed by atoms with Gasteiger partial charge in [0.05, 0.1) is 16.8 Å². The van der Waals surface area contributed by atoms with Crippen molar-refractivity contribution >= 4 is 56.3 Å². The van der Waals surface area contributed by atoms with Gasteiger partial charge in [-0.2, -0.15) is 5.26 Å². The Labute approximate surface area is 186 Å². The predicted octanol–water partition coefficient (Wildman–Crippen LogP) is 6.79. The van der Waals surface area contributed by atoms with Crippen LogP contribution in [0.15, 0.2) is 81.3 Å². The Morgan fingerprint density at radius 1 is 1.06 bits per heavy atom. The first-order chi connectivity index (χ1) is 15.1. The lowest BCUT2D eigenvalue weighted by atomic mass is 10.0. The monoisotopic (exact) mass is 440 g/mol. The average Bonchev–Trinajstić information content (AvgIpc) is 3.26. The third kappa shape index (κ3) is 3.64. The van der Waals surface area contributed by atoms with Crippen LogP contribution in [0.25, 0.3) is 44.6 Å². The molecule has 0 saturated heterocycles. The first-order valence-electron chi connectivity index (χ1n) is 9.41. The van der Waals surface area contributed by atoms with Crippen molar-refractivity contribution in [2.75, 3.05) is 0 Å². The van der Waals surface area contributed by atoms with Gasteiger partial charge in [-0.15, -0.1) is 11.3 Å². The molecule has 0 saturated carbocycles. The van der Waals surface area contributed by atoms with Gasteiger partial charge in [-0.3, -0.25) is 0 Å². The first-order valence-corrected chi connectivity index (χ1v) is 10.7. The van der Waals surface area contributed by atoms with E-state index in [-0.39, 0.29) is 0 Å². The number of benzene rings is 3. The molecule has 4 nitrogen and oxygen atoms in total. The molecule has 0 fully saturated rings. The molecule has 0 aliphatic rings. The van der Waals surface area contributed by atoms with Crippen LogP contribution in [0.4, 0.5) is 0 Å². The van der Waals surface area contributed by atoms with Gasteiger partial charge in [-0.05, 0) is 46.7 Å². The summed E-state index contributed by atoms with van der Waals surface area (Å²) in [4.78, 5) is 17.2. The molecule has 0 spiro atoms. The van der Waals surface area contributed by atoms with Crippen molar-refractivity contribution in [2.45, 2.75) is 0 Å². The second-order valence-electron chi connectivity index (χ2n) is 6.91. The summed E-state index contributed by atoms with van der Waals surface area (Å²) in [7, 11) is 0. The third-order valence-electron chi connectivity index (χ3n) is 4.93. The minimum atomic E-state index is -0.461. The lowest BCUT2D eigenvalue weighted by Crippen LogP contribution is -2.03. The van der Waals surface area contributed by atoms with Crippen molar-refractivity contribution in [1.82, 2.24) is 4.98 Å². The van der Waals surface area contributed by atoms with Gasteiger partial charge in [0, 0.05) is 15.8 Å². The number of rotatable bonds is 3. The standard InChI is InChI=1S/C25H13ClN2O2S/c26-18-6-3-4-15(11-18)10-17(13-27)24-28-22(14-31-24)21-12-20-19-7-2-1-5-16(19)8-9-23(20)30-25(21)29/h1-12,14H/b17-10+. The maximum Gasteiger partial charge on any atom is 0.345 e. The Morgan fingerprint density at radius 2 is 1.94 bits per heavy atom. The number of thiazole rings is 1. The second-order valence-corrected chi connectivity index (χ2v) is 8.20. The maximum atomic E-state index is 12.7. The number of halogens is 1. The lowest BCUT2D eigenvalue weighted by Gasteiger charge is -2.04. The quantitative estimate of drug-likeness (QED) is 0.176. The van der Waals surface area contributed by atoms with Crippen LogP contribution in [-0.2, 0) is 0 Å². The molecule has 0 bridgehead atoms. The maximum absolute atomic E-state index is 12.7. The zero-order valence-corrected chi connectivity index (χ0v) is 17.6. The van der Waals surface area contributed by atoms with E-state index < -0.39 is 5.63 Å². The summed E-state index contributed by atoms with van der Waals surface area (Å²) < 4.78 is 5.57. The van der Waals surface area contributed by atoms with Gasteiger partial charge >= 0.3 is 5.63 Å². The fourth-order valence-corrected chi connectivity index (χ4v) is 4.46. The molecule has 0 amide bonds. The molecular formula is C25H13ClN2O2S. The first kappa shape index (κ1) is 19.3. The van der Waals surface area contributed by atoms with Gasteiger partial charge in [0.25, 0.3) is 0 Å². The third-order valence-corrected chi connectivity index (χ3v) is 6.04. The molecule has 0 atom stereocenters. The van der Waals surface area contributed by atoms with Crippen LogP contribution < -0.4 is 5.63 Å². The fraction of sp³-hybridized carbons (Fsp3) is 0. The van der Waals surface area contributed by atoms with E-state index in [1.54, 1.807) is 29.7 Å². The highest BCUT2D eigenvalue weighted by Gasteiger charge is 2.15. The van der Waals surface area contributed by atoms with Crippen molar-refractivity contribution in [2.24, 2.45) is 0 Å². The molecule has 5 rings (SSSR count). The minimum absolute atomic E-state index is 0.367. The molecule has 6 heteroatoms. The van der Waals surface area contributed by atoms with E-state index in [0.29, 0.717) is 32.4 Å². The normalized spacial score (nSPS) is 11.7. The molecule has 5 aromatic rings. The molecule has 31 heavy (non-hydrogen) atoms. The van der Waals surface area contributed by atoms with Crippen LogP contribution in [-0.4, -0.2) is 4.98 Å². The average molecular weight is 441 g/mol. The van der Waals surface area contributed by atoms with E-state index >= 15 is 0 Å². The summed E-state index contributed by atoms with van der Waals surface area (Å²) in [6, 6.07) is 22.9. The van der Waals surface area contributed by atoms with E-state index in [4.69, 9.17) is 16.0 Å². The van der Waals surface area contributed by atoms with Crippen molar-refractivity contribution in [1.29, 1.82) is 5.26 Å². The summed E-state index contributed by atoms with van der Waals surface area (Å²) in [5, 5.41) is 15.4. The van der Waals surface area contributed by atoms with Gasteiger partial charge in [0.1, 0.15) is 16.7 Å². The molecular weight excluding hydrogens is 428 g/mol. The summed E-state index contributed by atoms with van der Waals surface area (Å²) in [5.74, 6) is 0. The summed E-state index contributed by atoms with van der Waals surface area (Å²) >= 11 is 7.34. The van der Waals surface area contributed by atoms with Gasteiger partial charge in [0.2, 0.25) is 0 Å². The zero-order valence-electron chi connectivity index (χ0n) is 16.0. The number of hydrogen-bond acceptors (Lipinski definition) is 5. The van der Waals surface area contributed by atoms with Crippen LogP contribution >= 0.6 is 22.9 Å². The SMILES string of the molecule is N#C/C(=C\c1cccc(Cl)c1)c1nc(-c2cc3c(ccc4ccccc43)oc2=O)cs1. The Morgan fingerprint density at radius 3 is 2.77 bits per heavy atom. The number of nitriles is 1. The van der Waals surface area contributed by atoms with Crippen molar-refractivity contribution in [3.63, 3.8) is 0 Å².